The molecule has 1 aromatic carbocycles. The van der Waals surface area contributed by atoms with Crippen LogP contribution in [0.1, 0.15) is 13.8 Å². The fourth-order valence-corrected chi connectivity index (χ4v) is 9.55. The van der Waals surface area contributed by atoms with Crippen LogP contribution in [0.3, 0.4) is 0 Å². The average Bonchev–Trinajstić information content (AvgIpc) is 2.55. The van der Waals surface area contributed by atoms with Crippen molar-refractivity contribution >= 4 is 44.7 Å². The zero-order valence-corrected chi connectivity index (χ0v) is 18.5. The quantitative estimate of drug-likeness (QED) is 0.385. The van der Waals surface area contributed by atoms with Gasteiger partial charge in [0.1, 0.15) is 0 Å². The predicted molar refractivity (Wildman–Crippen MR) is 110 cm³/mol. The molecule has 1 aromatic rings. The molecule has 26 heavy (non-hydrogen) atoms. The van der Waals surface area contributed by atoms with Crippen molar-refractivity contribution in [2.45, 2.75) is 39.6 Å². The summed E-state index contributed by atoms with van der Waals surface area (Å²) >= 11 is 5.41. The van der Waals surface area contributed by atoms with E-state index >= 15 is 0 Å². The Balaban J connectivity index is 2.02. The van der Waals surface area contributed by atoms with E-state index in [2.05, 4.69) is 11.9 Å². The molecule has 2 fully saturated rings. The average molecular weight is 416 g/mol. The first kappa shape index (κ1) is 20.0. The molecule has 6 nitrogen and oxygen atoms in total. The first-order valence-corrected chi connectivity index (χ1v) is 14.3. The molecule has 2 unspecified atom stereocenters. The van der Waals surface area contributed by atoms with Crippen molar-refractivity contribution in [1.82, 2.24) is 0 Å². The molecule has 0 aliphatic carbocycles. The van der Waals surface area contributed by atoms with Crippen molar-refractivity contribution in [2.75, 3.05) is 13.2 Å². The van der Waals surface area contributed by atoms with Gasteiger partial charge < -0.3 is 0 Å². The molecule has 0 bridgehead atoms. The van der Waals surface area contributed by atoms with Gasteiger partial charge >= 0.3 is 161 Å². The van der Waals surface area contributed by atoms with E-state index in [4.69, 9.17) is 34.5 Å². The molecule has 2 aliphatic rings. The van der Waals surface area contributed by atoms with Gasteiger partial charge in [0, 0.05) is 0 Å². The molecular formula is C17H26NO5PSSi. The van der Waals surface area contributed by atoms with Crippen LogP contribution in [0.25, 0.3) is 0 Å². The van der Waals surface area contributed by atoms with Gasteiger partial charge in [-0.1, -0.05) is 0 Å². The number of aliphatic imine (C=N–C) groups is 1. The van der Waals surface area contributed by atoms with E-state index < -0.39 is 16.1 Å². The maximum absolute atomic E-state index is 6.37. The number of thiocarbonyl (C=S) groups is 1. The van der Waals surface area contributed by atoms with Crippen molar-refractivity contribution in [3.8, 4) is 0 Å². The van der Waals surface area contributed by atoms with Crippen molar-refractivity contribution in [3.05, 3.63) is 30.3 Å². The van der Waals surface area contributed by atoms with E-state index in [0.29, 0.717) is 11.5 Å². The van der Waals surface area contributed by atoms with Crippen molar-refractivity contribution in [3.63, 3.8) is 0 Å². The molecule has 0 radical (unpaired) electrons. The van der Waals surface area contributed by atoms with E-state index in [-0.39, 0.29) is 24.5 Å². The Morgan fingerprint density at radius 2 is 1.85 bits per heavy atom. The second kappa shape index (κ2) is 7.02. The molecule has 0 amide bonds. The van der Waals surface area contributed by atoms with Gasteiger partial charge in [-0.15, -0.1) is 0 Å². The Bertz CT molecular complexity index is 728. The normalized spacial score (nSPS) is 31.2. The summed E-state index contributed by atoms with van der Waals surface area (Å²) in [7, 11) is -6.42. The minimum atomic E-state index is -4.27. The first-order chi connectivity index (χ1) is 12.1. The SMILES string of the molecule is CC1COP2(O[Si](C)(C)C)(OCC(=S)C(=Nc3ccccc3)O2)OC1C. The molecule has 3 rings (SSSR count). The van der Waals surface area contributed by atoms with E-state index in [0.717, 1.165) is 5.69 Å². The van der Waals surface area contributed by atoms with Crippen molar-refractivity contribution in [2.24, 2.45) is 10.9 Å². The van der Waals surface area contributed by atoms with Crippen LogP contribution in [0.2, 0.25) is 19.6 Å². The Hall–Kier alpha value is -0.733. The van der Waals surface area contributed by atoms with E-state index in [1.807, 2.05) is 56.9 Å². The standard InChI is InChI=1S/C17H26NO5PSSi/c1-13-11-19-24(21-14(13)2,23-26(3,4)5)20-12-16(25)17(22-24)18-15-9-7-6-8-10-15/h6-10,13-14H,11-12H2,1-5H3. The van der Waals surface area contributed by atoms with Crippen molar-refractivity contribution < 1.29 is 22.3 Å². The van der Waals surface area contributed by atoms with Crippen LogP contribution in [0, 0.1) is 5.92 Å². The molecule has 0 aromatic heterocycles. The Labute approximate surface area is 161 Å². The molecule has 144 valence electrons. The summed E-state index contributed by atoms with van der Waals surface area (Å²) in [6.45, 7) is 10.7. The minimum absolute atomic E-state index is 0.115. The van der Waals surface area contributed by atoms with Gasteiger partial charge in [0.15, 0.2) is 0 Å². The molecule has 0 N–H and O–H groups in total. The second-order valence-corrected chi connectivity index (χ2v) is 15.4. The Morgan fingerprint density at radius 1 is 1.15 bits per heavy atom. The number of nitrogens with zero attached hydrogens (tertiary/aromatic N) is 1. The van der Waals surface area contributed by atoms with Crippen LogP contribution in [-0.4, -0.2) is 38.4 Å². The number of hydrogen-bond donors (Lipinski definition) is 0. The summed E-state index contributed by atoms with van der Waals surface area (Å²) in [5.74, 6) is 0.471. The van der Waals surface area contributed by atoms with E-state index in [1.54, 1.807) is 0 Å². The zero-order chi connectivity index (χ0) is 19.0. The van der Waals surface area contributed by atoms with Crippen LogP contribution < -0.4 is 0 Å². The van der Waals surface area contributed by atoms with Gasteiger partial charge in [0.2, 0.25) is 0 Å². The Morgan fingerprint density at radius 3 is 2.46 bits per heavy atom. The molecule has 2 heterocycles. The summed E-state index contributed by atoms with van der Waals surface area (Å²) in [5, 5.41) is 0. The molecule has 0 saturated carbocycles. The van der Waals surface area contributed by atoms with Crippen LogP contribution in [0.15, 0.2) is 35.3 Å². The molecule has 2 saturated heterocycles. The fourth-order valence-electron chi connectivity index (χ4n) is 2.58. The third-order valence-corrected chi connectivity index (χ3v) is 9.92. The van der Waals surface area contributed by atoms with Crippen LogP contribution in [-0.2, 0) is 22.3 Å². The summed E-state index contributed by atoms with van der Waals surface area (Å²) in [4.78, 5) is 5.01. The number of rotatable bonds is 3. The van der Waals surface area contributed by atoms with Crippen LogP contribution in [0.4, 0.5) is 5.69 Å². The molecular weight excluding hydrogens is 389 g/mol. The fraction of sp³-hybridized carbons (Fsp3) is 0.529. The number of hydrogen-bond acceptors (Lipinski definition) is 7. The number of benzene rings is 1. The van der Waals surface area contributed by atoms with E-state index in [1.165, 1.54) is 0 Å². The summed E-state index contributed by atoms with van der Waals surface area (Å²) < 4.78 is 30.9. The van der Waals surface area contributed by atoms with Gasteiger partial charge in [-0.3, -0.25) is 0 Å². The summed E-state index contributed by atoms with van der Waals surface area (Å²) in [6.07, 6.45) is -0.137. The number of para-hydroxylation sites is 1. The summed E-state index contributed by atoms with van der Waals surface area (Å²) in [6, 6.07) is 9.48. The van der Waals surface area contributed by atoms with Gasteiger partial charge in [-0.25, -0.2) is 0 Å². The Kier molecular flexibility index (Phi) is 5.40. The molecule has 9 heteroatoms. The predicted octanol–water partition coefficient (Wildman–Crippen LogP) is 5.18. The maximum atomic E-state index is 6.37. The monoisotopic (exact) mass is 415 g/mol. The van der Waals surface area contributed by atoms with Crippen LogP contribution >= 0.6 is 20.0 Å². The van der Waals surface area contributed by atoms with Gasteiger partial charge in [-0.05, 0) is 0 Å². The van der Waals surface area contributed by atoms with Gasteiger partial charge in [-0.2, -0.15) is 0 Å². The molecule has 1 spiro atoms. The van der Waals surface area contributed by atoms with Crippen molar-refractivity contribution in [1.29, 1.82) is 0 Å². The molecule has 2 atom stereocenters. The van der Waals surface area contributed by atoms with Gasteiger partial charge in [0.25, 0.3) is 0 Å². The topological polar surface area (TPSA) is 58.5 Å². The second-order valence-electron chi connectivity index (χ2n) is 7.57. The molecule has 2 aliphatic heterocycles. The third kappa shape index (κ3) is 4.22. The zero-order valence-electron chi connectivity index (χ0n) is 15.8. The summed E-state index contributed by atoms with van der Waals surface area (Å²) in [5.41, 5.74) is 0.731. The first-order valence-electron chi connectivity index (χ1n) is 8.70. The van der Waals surface area contributed by atoms with E-state index in [9.17, 15) is 0 Å². The van der Waals surface area contributed by atoms with Gasteiger partial charge in [0.05, 0.1) is 0 Å². The van der Waals surface area contributed by atoms with Crippen LogP contribution in [0.5, 0.6) is 0 Å². The third-order valence-electron chi connectivity index (χ3n) is 3.98.